The molecule has 3 aromatic carbocycles. The van der Waals surface area contributed by atoms with E-state index in [1.807, 2.05) is 54.7 Å². The number of fused-ring (bicyclic) bond motifs is 1. The van der Waals surface area contributed by atoms with Crippen molar-refractivity contribution in [3.05, 3.63) is 84.1 Å². The maximum absolute atomic E-state index is 14.4. The van der Waals surface area contributed by atoms with Crippen molar-refractivity contribution in [1.29, 1.82) is 0 Å². The van der Waals surface area contributed by atoms with E-state index in [0.717, 1.165) is 42.1 Å². The molecule has 0 aliphatic heterocycles. The molecule has 1 aliphatic rings. The third-order valence-electron chi connectivity index (χ3n) is 7.82. The topological polar surface area (TPSA) is 92.9 Å². The number of H-pyrrole nitrogens is 1. The second kappa shape index (κ2) is 12.8. The van der Waals surface area contributed by atoms with Crippen LogP contribution < -0.4 is 24.4 Å². The van der Waals surface area contributed by atoms with E-state index in [2.05, 4.69) is 10.3 Å². The standard InChI is InChI=1S/C33H37N3O5/c1-39-26-16-13-22(14-17-26)32(33(38)35-24-9-5-4-6-10-24)36(25-15-18-29(40-2)30(20-25)41-3)31(37)19-23-21-34-28-12-8-7-11-27(23)28/h7-8,11-18,20-21,24,32,34H,4-6,9-10,19H2,1-3H3,(H,35,38). The Morgan fingerprint density at radius 3 is 2.34 bits per heavy atom. The first-order chi connectivity index (χ1) is 20.0. The molecule has 0 bridgehead atoms. The highest BCUT2D eigenvalue weighted by atomic mass is 16.5. The summed E-state index contributed by atoms with van der Waals surface area (Å²) < 4.78 is 16.4. The fourth-order valence-electron chi connectivity index (χ4n) is 5.67. The molecular weight excluding hydrogens is 518 g/mol. The van der Waals surface area contributed by atoms with Gasteiger partial charge < -0.3 is 24.5 Å². The second-order valence-electron chi connectivity index (χ2n) is 10.4. The number of anilines is 1. The summed E-state index contributed by atoms with van der Waals surface area (Å²) in [7, 11) is 4.72. The summed E-state index contributed by atoms with van der Waals surface area (Å²) in [5.74, 6) is 1.23. The molecule has 5 rings (SSSR count). The predicted molar refractivity (Wildman–Crippen MR) is 160 cm³/mol. The monoisotopic (exact) mass is 555 g/mol. The largest absolute Gasteiger partial charge is 0.497 e. The van der Waals surface area contributed by atoms with E-state index in [0.29, 0.717) is 28.5 Å². The van der Waals surface area contributed by atoms with E-state index in [9.17, 15) is 9.59 Å². The number of hydrogen-bond donors (Lipinski definition) is 2. The van der Waals surface area contributed by atoms with Crippen LogP contribution in [0.2, 0.25) is 0 Å². The van der Waals surface area contributed by atoms with Crippen LogP contribution in [0.3, 0.4) is 0 Å². The molecule has 8 heteroatoms. The molecule has 41 heavy (non-hydrogen) atoms. The number of carbonyl (C=O) groups excluding carboxylic acids is 2. The molecule has 1 heterocycles. The molecule has 1 aromatic heterocycles. The van der Waals surface area contributed by atoms with Gasteiger partial charge in [-0.05, 0) is 54.3 Å². The van der Waals surface area contributed by atoms with E-state index in [-0.39, 0.29) is 24.3 Å². The summed E-state index contributed by atoms with van der Waals surface area (Å²) in [5.41, 5.74) is 3.03. The Hall–Kier alpha value is -4.46. The summed E-state index contributed by atoms with van der Waals surface area (Å²) in [6, 6.07) is 19.6. The quantitative estimate of drug-likeness (QED) is 0.252. The average Bonchev–Trinajstić information content (AvgIpc) is 3.42. The van der Waals surface area contributed by atoms with E-state index in [1.54, 1.807) is 44.4 Å². The van der Waals surface area contributed by atoms with Crippen LogP contribution in [0, 0.1) is 0 Å². The van der Waals surface area contributed by atoms with Gasteiger partial charge in [0, 0.05) is 34.9 Å². The molecular formula is C33H37N3O5. The number of nitrogens with zero attached hydrogens (tertiary/aromatic N) is 1. The zero-order chi connectivity index (χ0) is 28.8. The lowest BCUT2D eigenvalue weighted by atomic mass is 9.94. The molecule has 214 valence electrons. The lowest BCUT2D eigenvalue weighted by Gasteiger charge is -2.34. The summed E-state index contributed by atoms with van der Waals surface area (Å²) in [6.07, 6.45) is 7.16. The van der Waals surface area contributed by atoms with Crippen LogP contribution in [0.15, 0.2) is 72.9 Å². The first-order valence-corrected chi connectivity index (χ1v) is 14.1. The van der Waals surface area contributed by atoms with Gasteiger partial charge in [0.25, 0.3) is 0 Å². The normalized spacial score (nSPS) is 14.3. The van der Waals surface area contributed by atoms with Gasteiger partial charge in [-0.25, -0.2) is 0 Å². The van der Waals surface area contributed by atoms with Gasteiger partial charge in [-0.15, -0.1) is 0 Å². The summed E-state index contributed by atoms with van der Waals surface area (Å²) in [6.45, 7) is 0. The van der Waals surface area contributed by atoms with Crippen molar-refractivity contribution in [2.45, 2.75) is 50.6 Å². The Morgan fingerprint density at radius 2 is 1.63 bits per heavy atom. The number of para-hydroxylation sites is 1. The smallest absolute Gasteiger partial charge is 0.248 e. The highest BCUT2D eigenvalue weighted by Crippen LogP contribution is 2.37. The molecule has 1 aliphatic carbocycles. The molecule has 1 atom stereocenters. The lowest BCUT2D eigenvalue weighted by molar-refractivity contribution is -0.127. The minimum absolute atomic E-state index is 0.0768. The van der Waals surface area contributed by atoms with Crippen LogP contribution in [-0.2, 0) is 16.0 Å². The molecule has 1 unspecified atom stereocenters. The van der Waals surface area contributed by atoms with Gasteiger partial charge in [0.15, 0.2) is 11.5 Å². The maximum atomic E-state index is 14.4. The number of amides is 2. The number of benzene rings is 3. The number of nitrogens with one attached hydrogen (secondary N) is 2. The van der Waals surface area contributed by atoms with Gasteiger partial charge in [-0.1, -0.05) is 49.6 Å². The Bertz CT molecular complexity index is 1490. The van der Waals surface area contributed by atoms with Crippen LogP contribution in [-0.4, -0.2) is 44.2 Å². The highest BCUT2D eigenvalue weighted by Gasteiger charge is 2.35. The third-order valence-corrected chi connectivity index (χ3v) is 7.82. The Balaban J connectivity index is 1.60. The van der Waals surface area contributed by atoms with Crippen LogP contribution >= 0.6 is 0 Å². The van der Waals surface area contributed by atoms with Gasteiger partial charge in [0.2, 0.25) is 11.8 Å². The van der Waals surface area contributed by atoms with E-state index in [4.69, 9.17) is 14.2 Å². The van der Waals surface area contributed by atoms with Gasteiger partial charge in [0.1, 0.15) is 11.8 Å². The number of carbonyl (C=O) groups is 2. The van der Waals surface area contributed by atoms with E-state index < -0.39 is 6.04 Å². The van der Waals surface area contributed by atoms with Crippen molar-refractivity contribution in [3.8, 4) is 17.2 Å². The predicted octanol–water partition coefficient (Wildman–Crippen LogP) is 5.96. The molecule has 2 amide bonds. The van der Waals surface area contributed by atoms with Crippen LogP contribution in [0.1, 0.15) is 49.3 Å². The van der Waals surface area contributed by atoms with Gasteiger partial charge in [0.05, 0.1) is 27.8 Å². The van der Waals surface area contributed by atoms with Crippen molar-refractivity contribution in [1.82, 2.24) is 10.3 Å². The molecule has 1 fully saturated rings. The van der Waals surface area contributed by atoms with Crippen molar-refractivity contribution < 1.29 is 23.8 Å². The lowest BCUT2D eigenvalue weighted by Crippen LogP contribution is -2.47. The molecule has 0 saturated heterocycles. The molecule has 1 saturated carbocycles. The number of aromatic nitrogens is 1. The van der Waals surface area contributed by atoms with Gasteiger partial charge >= 0.3 is 0 Å². The fraction of sp³-hybridized carbons (Fsp3) is 0.333. The van der Waals surface area contributed by atoms with E-state index >= 15 is 0 Å². The van der Waals surface area contributed by atoms with Crippen LogP contribution in [0.5, 0.6) is 17.2 Å². The van der Waals surface area contributed by atoms with Gasteiger partial charge in [-0.3, -0.25) is 14.5 Å². The van der Waals surface area contributed by atoms with E-state index in [1.165, 1.54) is 6.42 Å². The number of methoxy groups -OCH3 is 3. The zero-order valence-corrected chi connectivity index (χ0v) is 23.8. The molecule has 8 nitrogen and oxygen atoms in total. The fourth-order valence-corrected chi connectivity index (χ4v) is 5.67. The minimum Gasteiger partial charge on any atom is -0.497 e. The summed E-state index contributed by atoms with van der Waals surface area (Å²) in [4.78, 5) is 33.4. The Morgan fingerprint density at radius 1 is 0.902 bits per heavy atom. The number of rotatable bonds is 10. The molecule has 0 radical (unpaired) electrons. The van der Waals surface area contributed by atoms with Crippen molar-refractivity contribution in [2.24, 2.45) is 0 Å². The van der Waals surface area contributed by atoms with Crippen molar-refractivity contribution in [3.63, 3.8) is 0 Å². The van der Waals surface area contributed by atoms with Crippen LogP contribution in [0.4, 0.5) is 5.69 Å². The highest BCUT2D eigenvalue weighted by molar-refractivity contribution is 6.03. The SMILES string of the molecule is COc1ccc(C(C(=O)NC2CCCCC2)N(C(=O)Cc2c[nH]c3ccccc23)c2ccc(OC)c(OC)c2)cc1. The first kappa shape index (κ1) is 28.1. The summed E-state index contributed by atoms with van der Waals surface area (Å²) >= 11 is 0. The summed E-state index contributed by atoms with van der Waals surface area (Å²) in [5, 5.41) is 4.24. The number of hydrogen-bond acceptors (Lipinski definition) is 5. The van der Waals surface area contributed by atoms with Crippen molar-refractivity contribution in [2.75, 3.05) is 26.2 Å². The first-order valence-electron chi connectivity index (χ1n) is 14.1. The maximum Gasteiger partial charge on any atom is 0.248 e. The van der Waals surface area contributed by atoms with Crippen molar-refractivity contribution >= 4 is 28.4 Å². The van der Waals surface area contributed by atoms with Gasteiger partial charge in [-0.2, -0.15) is 0 Å². The number of aromatic amines is 1. The number of ether oxygens (including phenoxy) is 3. The molecule has 0 spiro atoms. The van der Waals surface area contributed by atoms with Crippen LogP contribution in [0.25, 0.3) is 10.9 Å². The second-order valence-corrected chi connectivity index (χ2v) is 10.4. The Kier molecular flexibility index (Phi) is 8.77. The Labute approximate surface area is 240 Å². The molecule has 2 N–H and O–H groups in total. The average molecular weight is 556 g/mol. The molecule has 4 aromatic rings. The third kappa shape index (κ3) is 6.16. The zero-order valence-electron chi connectivity index (χ0n) is 23.8. The minimum atomic E-state index is -0.918.